The molecule has 0 amide bonds. The molecule has 3 N–H and O–H groups in total. The van der Waals surface area contributed by atoms with Crippen LogP contribution >= 0.6 is 0 Å². The Morgan fingerprint density at radius 2 is 1.80 bits per heavy atom. The van der Waals surface area contributed by atoms with Gasteiger partial charge in [-0.15, -0.1) is 5.11 Å². The van der Waals surface area contributed by atoms with Gasteiger partial charge in [0.2, 0.25) is 0 Å². The zero-order valence-corrected chi connectivity index (χ0v) is 7.62. The smallest absolute Gasteiger partial charge is 0.198 e. The zero-order valence-electron chi connectivity index (χ0n) is 7.62. The number of nitrogens with one attached hydrogen (secondary N) is 1. The van der Waals surface area contributed by atoms with Gasteiger partial charge in [0.25, 0.3) is 0 Å². The van der Waals surface area contributed by atoms with Crippen LogP contribution in [0.3, 0.4) is 0 Å². The molecular weight excluding hydrogens is 196 g/mol. The van der Waals surface area contributed by atoms with E-state index in [1.54, 1.807) is 6.07 Å². The minimum Gasteiger partial charge on any atom is -0.494 e. The molecule has 2 aromatic rings. The molecule has 0 saturated heterocycles. The van der Waals surface area contributed by atoms with E-state index in [9.17, 15) is 10.2 Å². The predicted molar refractivity (Wildman–Crippen MR) is 51.7 cm³/mol. The van der Waals surface area contributed by atoms with E-state index < -0.39 is 0 Å². The minimum atomic E-state index is -0.0788. The van der Waals surface area contributed by atoms with Crippen LogP contribution in [-0.4, -0.2) is 19.8 Å². The summed E-state index contributed by atoms with van der Waals surface area (Å²) in [5.41, 5.74) is 7.23. The Morgan fingerprint density at radius 1 is 1.13 bits per heavy atom. The summed E-state index contributed by atoms with van der Waals surface area (Å²) in [4.78, 5) is 3.84. The summed E-state index contributed by atoms with van der Waals surface area (Å²) in [6, 6.07) is 5.86. The third kappa shape index (κ3) is 1.52. The lowest BCUT2D eigenvalue weighted by Gasteiger charge is -2.05. The van der Waals surface area contributed by atoms with Crippen LogP contribution in [-0.2, 0) is 0 Å². The highest BCUT2D eigenvalue weighted by atomic mass is 16.3. The van der Waals surface area contributed by atoms with Gasteiger partial charge in [0.1, 0.15) is 0 Å². The summed E-state index contributed by atoms with van der Waals surface area (Å²) < 4.78 is 1.22. The standard InChI is InChI=1S/C9H8N4O2/c10-12-7-2-1-6(5-11-7)13-8(14)3-4-9(13)15/h1-5,10,14-15H. The largest absolute Gasteiger partial charge is 0.494 e. The first-order valence-electron chi connectivity index (χ1n) is 4.16. The first-order chi connectivity index (χ1) is 7.22. The molecule has 15 heavy (non-hydrogen) atoms. The molecule has 0 bridgehead atoms. The van der Waals surface area contributed by atoms with Crippen LogP contribution in [0.4, 0.5) is 5.82 Å². The molecule has 0 fully saturated rings. The van der Waals surface area contributed by atoms with E-state index in [-0.39, 0.29) is 17.6 Å². The highest BCUT2D eigenvalue weighted by Crippen LogP contribution is 2.26. The van der Waals surface area contributed by atoms with Crippen LogP contribution in [0.5, 0.6) is 11.8 Å². The molecule has 2 aromatic heterocycles. The molecule has 2 heterocycles. The van der Waals surface area contributed by atoms with E-state index in [1.807, 2.05) is 0 Å². The van der Waals surface area contributed by atoms with Crippen molar-refractivity contribution in [1.29, 1.82) is 5.53 Å². The van der Waals surface area contributed by atoms with E-state index in [1.165, 1.54) is 29.0 Å². The molecule has 2 rings (SSSR count). The van der Waals surface area contributed by atoms with Gasteiger partial charge in [-0.2, -0.15) is 0 Å². The van der Waals surface area contributed by atoms with Crippen LogP contribution in [0.2, 0.25) is 0 Å². The fraction of sp³-hybridized carbons (Fsp3) is 0. The molecule has 0 aliphatic heterocycles. The van der Waals surface area contributed by atoms with Crippen molar-refractivity contribution < 1.29 is 10.2 Å². The van der Waals surface area contributed by atoms with E-state index in [4.69, 9.17) is 5.53 Å². The molecule has 0 aliphatic carbocycles. The highest BCUT2D eigenvalue weighted by Gasteiger charge is 2.07. The van der Waals surface area contributed by atoms with Crippen LogP contribution in [0, 0.1) is 5.53 Å². The van der Waals surface area contributed by atoms with E-state index >= 15 is 0 Å². The second-order valence-corrected chi connectivity index (χ2v) is 2.87. The van der Waals surface area contributed by atoms with Crippen molar-refractivity contribution in [3.63, 3.8) is 0 Å². The molecule has 0 aromatic carbocycles. The molecule has 76 valence electrons. The van der Waals surface area contributed by atoms with E-state index in [2.05, 4.69) is 10.1 Å². The Morgan fingerprint density at radius 3 is 2.27 bits per heavy atom. The van der Waals surface area contributed by atoms with Crippen molar-refractivity contribution in [2.24, 2.45) is 5.11 Å². The summed E-state index contributed by atoms with van der Waals surface area (Å²) >= 11 is 0. The molecule has 6 nitrogen and oxygen atoms in total. The van der Waals surface area contributed by atoms with Gasteiger partial charge in [0, 0.05) is 12.1 Å². The molecule has 0 unspecified atom stereocenters. The van der Waals surface area contributed by atoms with Crippen LogP contribution < -0.4 is 0 Å². The Balaban J connectivity index is 2.50. The molecule has 0 radical (unpaired) electrons. The Bertz CT molecular complexity index is 470. The number of rotatable bonds is 2. The van der Waals surface area contributed by atoms with Gasteiger partial charge in [0.05, 0.1) is 11.9 Å². The third-order valence-electron chi connectivity index (χ3n) is 1.94. The summed E-state index contributed by atoms with van der Waals surface area (Å²) in [6.45, 7) is 0. The summed E-state index contributed by atoms with van der Waals surface area (Å²) in [6.07, 6.45) is 1.41. The zero-order chi connectivity index (χ0) is 10.8. The molecular formula is C9H8N4O2. The SMILES string of the molecule is N=Nc1ccc(-n2c(O)ccc2O)cn1. The lowest BCUT2D eigenvalue weighted by atomic mass is 10.4. The van der Waals surface area contributed by atoms with Gasteiger partial charge in [-0.25, -0.2) is 10.5 Å². The number of pyridine rings is 1. The van der Waals surface area contributed by atoms with Crippen molar-refractivity contribution in [2.75, 3.05) is 0 Å². The molecule has 0 aliphatic rings. The normalized spacial score (nSPS) is 10.1. The van der Waals surface area contributed by atoms with Crippen LogP contribution in [0.1, 0.15) is 0 Å². The second-order valence-electron chi connectivity index (χ2n) is 2.87. The first-order valence-corrected chi connectivity index (χ1v) is 4.16. The lowest BCUT2D eigenvalue weighted by molar-refractivity contribution is 0.402. The molecule has 0 saturated carbocycles. The maximum atomic E-state index is 9.43. The number of aromatic nitrogens is 2. The Labute approximate surface area is 85.0 Å². The average molecular weight is 204 g/mol. The van der Waals surface area contributed by atoms with E-state index in [0.717, 1.165) is 0 Å². The highest BCUT2D eigenvalue weighted by molar-refractivity contribution is 5.43. The van der Waals surface area contributed by atoms with E-state index in [0.29, 0.717) is 5.69 Å². The van der Waals surface area contributed by atoms with Gasteiger partial charge < -0.3 is 10.2 Å². The molecule has 0 atom stereocenters. The molecule has 0 spiro atoms. The average Bonchev–Trinajstić information content (AvgIpc) is 2.59. The van der Waals surface area contributed by atoms with Crippen molar-refractivity contribution in [3.8, 4) is 17.4 Å². The van der Waals surface area contributed by atoms with Gasteiger partial charge in [-0.1, -0.05) is 0 Å². The fourth-order valence-corrected chi connectivity index (χ4v) is 1.26. The number of hydrogen-bond donors (Lipinski definition) is 3. The van der Waals surface area contributed by atoms with Gasteiger partial charge in [0.15, 0.2) is 17.6 Å². The lowest BCUT2D eigenvalue weighted by Crippen LogP contribution is -1.92. The monoisotopic (exact) mass is 204 g/mol. The summed E-state index contributed by atoms with van der Waals surface area (Å²) in [5, 5.41) is 22.0. The Hall–Kier alpha value is -2.37. The van der Waals surface area contributed by atoms with Crippen molar-refractivity contribution in [1.82, 2.24) is 9.55 Å². The van der Waals surface area contributed by atoms with Gasteiger partial charge in [-0.05, 0) is 12.1 Å². The summed E-state index contributed by atoms with van der Waals surface area (Å²) in [7, 11) is 0. The van der Waals surface area contributed by atoms with Gasteiger partial charge >= 0.3 is 0 Å². The number of hydrogen-bond acceptors (Lipinski definition) is 5. The maximum absolute atomic E-state index is 9.43. The van der Waals surface area contributed by atoms with Gasteiger partial charge in [-0.3, -0.25) is 4.57 Å². The first kappa shape index (κ1) is 9.20. The number of aromatic hydroxyl groups is 2. The second kappa shape index (κ2) is 3.41. The topological polar surface area (TPSA) is 94.5 Å². The van der Waals surface area contributed by atoms with Crippen LogP contribution in [0.15, 0.2) is 35.6 Å². The third-order valence-corrected chi connectivity index (χ3v) is 1.94. The maximum Gasteiger partial charge on any atom is 0.198 e. The van der Waals surface area contributed by atoms with Crippen molar-refractivity contribution >= 4 is 5.82 Å². The predicted octanol–water partition coefficient (Wildman–Crippen LogP) is 1.95. The fourth-order valence-electron chi connectivity index (χ4n) is 1.26. The number of nitrogens with zero attached hydrogens (tertiary/aromatic N) is 3. The quantitative estimate of drug-likeness (QED) is 0.652. The van der Waals surface area contributed by atoms with Crippen molar-refractivity contribution in [2.45, 2.75) is 0 Å². The van der Waals surface area contributed by atoms with Crippen molar-refractivity contribution in [3.05, 3.63) is 30.5 Å². The van der Waals surface area contributed by atoms with Crippen LogP contribution in [0.25, 0.3) is 5.69 Å². The minimum absolute atomic E-state index is 0.0788. The summed E-state index contributed by atoms with van der Waals surface area (Å²) in [5.74, 6) is 0.111. The Kier molecular flexibility index (Phi) is 2.09. The molecule has 6 heteroatoms.